The van der Waals surface area contributed by atoms with Crippen LogP contribution in [-0.4, -0.2) is 237 Å². The molecule has 4 unspecified atom stereocenters. The monoisotopic (exact) mass is 1830 g/mol. The maximum absolute atomic E-state index is 13.9. The van der Waals surface area contributed by atoms with Crippen molar-refractivity contribution < 1.29 is 145 Å². The third-order valence-electron chi connectivity index (χ3n) is 16.6. The number of nitrogens with one attached hydrogen (secondary N) is 7. The summed E-state index contributed by atoms with van der Waals surface area (Å²) in [7, 11) is 0. The van der Waals surface area contributed by atoms with E-state index in [1.54, 1.807) is 83.1 Å². The first kappa shape index (κ1) is 114. The zero-order valence-electron chi connectivity index (χ0n) is 75.0. The van der Waals surface area contributed by atoms with Gasteiger partial charge in [-0.2, -0.15) is 0 Å². The van der Waals surface area contributed by atoms with E-state index >= 15 is 0 Å². The highest BCUT2D eigenvalue weighted by Crippen LogP contribution is 2.25. The lowest BCUT2D eigenvalue weighted by Gasteiger charge is -2.25. The summed E-state index contributed by atoms with van der Waals surface area (Å²) in [5.41, 5.74) is 20.1. The minimum atomic E-state index is -1.58. The number of aliphatic carboxylic acids is 4. The van der Waals surface area contributed by atoms with Gasteiger partial charge in [0.2, 0.25) is 17.7 Å². The molecule has 3 aromatic rings. The lowest BCUT2D eigenvalue weighted by atomic mass is 10.1. The van der Waals surface area contributed by atoms with Crippen LogP contribution in [0.15, 0.2) is 69.9 Å². The molecule has 0 radical (unpaired) electrons. The van der Waals surface area contributed by atoms with Gasteiger partial charge in [-0.25, -0.2) is 28.8 Å². The molecule has 46 heteroatoms. The van der Waals surface area contributed by atoms with Gasteiger partial charge in [0.25, 0.3) is 23.6 Å². The van der Waals surface area contributed by atoms with Gasteiger partial charge in [-0.3, -0.25) is 52.7 Å². The van der Waals surface area contributed by atoms with Crippen LogP contribution in [0.4, 0.5) is 0 Å². The summed E-state index contributed by atoms with van der Waals surface area (Å²) in [6.45, 7) is 21.4. The van der Waals surface area contributed by atoms with Gasteiger partial charge in [-0.15, -0.1) is 0 Å². The van der Waals surface area contributed by atoms with Crippen molar-refractivity contribution in [3.05, 3.63) is 119 Å². The number of esters is 4. The number of azide groups is 3. The lowest BCUT2D eigenvalue weighted by molar-refractivity contribution is -0.160. The van der Waals surface area contributed by atoms with Gasteiger partial charge in [0.15, 0.2) is 0 Å². The summed E-state index contributed by atoms with van der Waals surface area (Å²) < 4.78 is 38.6. The van der Waals surface area contributed by atoms with Crippen molar-refractivity contribution in [1.29, 1.82) is 0 Å². The second kappa shape index (κ2) is 59.9. The highest BCUT2D eigenvalue weighted by molar-refractivity contribution is 6.04. The summed E-state index contributed by atoms with van der Waals surface area (Å²) in [5, 5.41) is 82.2. The zero-order valence-corrected chi connectivity index (χ0v) is 75.0. The quantitative estimate of drug-likeness (QED) is 0.00624. The van der Waals surface area contributed by atoms with Gasteiger partial charge in [0.05, 0.1) is 30.8 Å². The second-order valence-corrected chi connectivity index (χ2v) is 32.7. The first-order valence-electron chi connectivity index (χ1n) is 41.5. The predicted octanol–water partition coefficient (Wildman–Crippen LogP) is 9.77. The number of hydrogen-bond acceptors (Lipinski definition) is 27. The fourth-order valence-corrected chi connectivity index (χ4v) is 10.8. The van der Waals surface area contributed by atoms with E-state index in [0.717, 1.165) is 37.1 Å². The average molecular weight is 1830 g/mol. The fraction of sp³-hybridized carbons (Fsp3) is 0.583. The predicted molar refractivity (Wildman–Crippen MR) is 462 cm³/mol. The maximum Gasteiger partial charge on any atom is 0.335 e. The van der Waals surface area contributed by atoms with Crippen LogP contribution in [0.3, 0.4) is 0 Å². The average Bonchev–Trinajstić information content (AvgIpc) is 0.923. The Kier molecular flexibility index (Phi) is 52.5. The highest BCUT2D eigenvalue weighted by Gasteiger charge is 2.33. The van der Waals surface area contributed by atoms with Crippen LogP contribution in [-0.2, 0) is 71.7 Å². The van der Waals surface area contributed by atoms with Crippen LogP contribution < -0.4 is 51.4 Å². The van der Waals surface area contributed by atoms with Crippen molar-refractivity contribution >= 4 is 101 Å². The molecule has 0 aliphatic carbocycles. The van der Waals surface area contributed by atoms with Crippen molar-refractivity contribution in [1.82, 2.24) is 37.2 Å². The molecule has 0 saturated carbocycles. The Morgan fingerprint density at radius 3 is 0.808 bits per heavy atom. The number of rotatable bonds is 56. The molecule has 7 amide bonds. The molecule has 130 heavy (non-hydrogen) atoms. The largest absolute Gasteiger partial charge is 0.492 e. The van der Waals surface area contributed by atoms with E-state index in [1.807, 2.05) is 0 Å². The summed E-state index contributed by atoms with van der Waals surface area (Å²) in [4.78, 5) is 216. The molecule has 46 nitrogen and oxygen atoms in total. The zero-order chi connectivity index (χ0) is 98.3. The number of benzene rings is 3. The standard InChI is InChI=1S/C42H66N6O12.C26H34N6O12.C16H20N4O6/c1-39(2,3)57-33(50)19-17-30(37(54)59-41(7,8)9)46-35(52)27-24-28(26-29(25-27)56-23-22-44-32(49)16-14-13-15-21-45-48-43)36(53)47-31(38(55)60-42(10,11)12)18-20-34(51)58-40(4,5)6;27-32-29-9-3-1-2-4-20(33)28-10-11-44-17-13-15(23(38)30-18(25(40)41)5-7-21(34)35)12-16(14-17)24(39)31-19(26(42)43)6-8-22(36)37;17-20-19-5-3-1-2-4-14(21)18-6-7-26-13-9-11(15(22)23)8-12(10-13)16(24)25/h24-26,30-31H,13-23H2,1-12H3,(H,44,49)(H,46,52)(H,47,53);12-14,18-19H,1-11H2,(H,28,33)(H,30,38)(H,31,39)(H,34,35)(H,36,37)(H,40,41)(H,42,43);8-10H,1-7H2,(H,18,21)(H,22,23)(H,24,25). The molecule has 0 aromatic heterocycles. The van der Waals surface area contributed by atoms with E-state index in [9.17, 15) is 91.7 Å². The SMILES string of the molecule is CC(C)(C)OC(=O)CCC(NC(=O)c1cc(OCCNC(=O)CCCCCN=[N+]=[N-])cc(C(=O)NC(CCC(=O)OC(C)(C)C)C(=O)OC(C)(C)C)c1)C(=O)OC(C)(C)C.[N-]=[N+]=NCCCCCC(=O)NCCOc1cc(C(=O)NC(CCC(=O)O)C(=O)O)cc(C(=O)NC(CCC(=O)O)C(=O)O)c1.[N-]=[N+]=NCCCCCC(=O)NCCOc1cc(C(=O)O)cc(C(=O)O)c1. The fourth-order valence-electron chi connectivity index (χ4n) is 10.8. The first-order chi connectivity index (χ1) is 60.8. The normalized spacial score (nSPS) is 11.8. The molecule has 0 spiro atoms. The number of carboxylic acid groups (broad SMARTS) is 6. The summed E-state index contributed by atoms with van der Waals surface area (Å²) >= 11 is 0. The van der Waals surface area contributed by atoms with E-state index < -0.39 is 156 Å². The number of ether oxygens (including phenoxy) is 7. The third kappa shape index (κ3) is 54.8. The van der Waals surface area contributed by atoms with Crippen molar-refractivity contribution in [2.45, 2.75) is 258 Å². The summed E-state index contributed by atoms with van der Waals surface area (Å²) in [5.74, 6) is -15.1. The number of carboxylic acids is 6. The van der Waals surface area contributed by atoms with E-state index in [2.05, 4.69) is 67.3 Å². The number of aromatic carboxylic acids is 2. The van der Waals surface area contributed by atoms with E-state index in [0.29, 0.717) is 71.0 Å². The Hall–Kier alpha value is -14.0. The molecule has 13 N–H and O–H groups in total. The van der Waals surface area contributed by atoms with Crippen LogP contribution in [0, 0.1) is 0 Å². The van der Waals surface area contributed by atoms with E-state index in [4.69, 9.17) is 70.2 Å². The number of nitrogens with zero attached hydrogens (tertiary/aromatic N) is 9. The van der Waals surface area contributed by atoms with Gasteiger partial charge in [0, 0.05) is 102 Å². The molecular weight excluding hydrogens is 1710 g/mol. The number of hydrogen-bond donors (Lipinski definition) is 13. The Labute approximate surface area is 749 Å². The topological polar surface area (TPSA) is 707 Å². The Morgan fingerprint density at radius 2 is 0.569 bits per heavy atom. The minimum Gasteiger partial charge on any atom is -0.492 e. The number of amides is 7. The maximum atomic E-state index is 13.9. The van der Waals surface area contributed by atoms with E-state index in [1.165, 1.54) is 30.3 Å². The van der Waals surface area contributed by atoms with Gasteiger partial charge < -0.3 is 101 Å². The molecule has 4 atom stereocenters. The molecule has 0 aliphatic rings. The Balaban J connectivity index is 0.00000105. The molecule has 0 heterocycles. The lowest BCUT2D eigenvalue weighted by Crippen LogP contribution is -2.45. The summed E-state index contributed by atoms with van der Waals surface area (Å²) in [6.07, 6.45) is 4.07. The Morgan fingerprint density at radius 1 is 0.323 bits per heavy atom. The first-order valence-corrected chi connectivity index (χ1v) is 41.5. The molecule has 0 bridgehead atoms. The number of unbranched alkanes of at least 4 members (excludes halogenated alkanes) is 6. The molecule has 0 fully saturated rings. The van der Waals surface area contributed by atoms with Gasteiger partial charge >= 0.3 is 59.7 Å². The number of carbonyl (C=O) groups excluding carboxylic acids is 11. The second-order valence-electron chi connectivity index (χ2n) is 32.7. The minimum absolute atomic E-state index is 0.0298. The van der Waals surface area contributed by atoms with Crippen LogP contribution in [0.25, 0.3) is 31.3 Å². The van der Waals surface area contributed by atoms with E-state index in [-0.39, 0.29) is 146 Å². The van der Waals surface area contributed by atoms with Crippen molar-refractivity contribution in [2.24, 2.45) is 15.3 Å². The number of carbonyl (C=O) groups is 17. The molecule has 0 saturated heterocycles. The van der Waals surface area contributed by atoms with Crippen molar-refractivity contribution in [3.8, 4) is 17.2 Å². The van der Waals surface area contributed by atoms with Gasteiger partial charge in [-0.1, -0.05) is 34.6 Å². The smallest absolute Gasteiger partial charge is 0.335 e. The third-order valence-corrected chi connectivity index (χ3v) is 16.6. The highest BCUT2D eigenvalue weighted by atomic mass is 16.6. The van der Waals surface area contributed by atoms with Crippen LogP contribution in [0.1, 0.15) is 274 Å². The van der Waals surface area contributed by atoms with Crippen LogP contribution in [0.2, 0.25) is 0 Å². The summed E-state index contributed by atoms with van der Waals surface area (Å²) in [6, 6.07) is 4.94. The Bertz CT molecular complexity index is 4320. The van der Waals surface area contributed by atoms with Crippen LogP contribution in [0.5, 0.6) is 17.2 Å². The van der Waals surface area contributed by atoms with Gasteiger partial charge in [0.1, 0.15) is 83.6 Å². The molecular formula is C84H120N16O30. The van der Waals surface area contributed by atoms with Crippen LogP contribution >= 0.6 is 0 Å². The van der Waals surface area contributed by atoms with Gasteiger partial charge in [-0.05, 0) is 218 Å². The molecule has 0 aliphatic heterocycles. The molecule has 3 aromatic carbocycles. The molecule has 716 valence electrons. The van der Waals surface area contributed by atoms with Crippen molar-refractivity contribution in [2.75, 3.05) is 59.1 Å². The molecule has 3 rings (SSSR count). The van der Waals surface area contributed by atoms with Crippen molar-refractivity contribution in [3.63, 3.8) is 0 Å².